The summed E-state index contributed by atoms with van der Waals surface area (Å²) in [5.74, 6) is 2.31. The topological polar surface area (TPSA) is 25.8 Å². The molecule has 2 aromatic heterocycles. The number of hydrogen-bond acceptors (Lipinski definition) is 3. The van der Waals surface area contributed by atoms with Crippen molar-refractivity contribution in [2.24, 2.45) is 5.92 Å². The van der Waals surface area contributed by atoms with Gasteiger partial charge in [0.1, 0.15) is 15.8 Å². The lowest BCUT2D eigenvalue weighted by Crippen LogP contribution is -2.13. The van der Waals surface area contributed by atoms with Crippen LogP contribution in [0.15, 0.2) is 0 Å². The molecule has 3 rings (SSSR count). The van der Waals surface area contributed by atoms with Gasteiger partial charge in [-0.1, -0.05) is 31.4 Å². The molecular weight excluding hydrogens is 276 g/mol. The molecule has 0 atom stereocenters. The van der Waals surface area contributed by atoms with Crippen LogP contribution < -0.4 is 0 Å². The van der Waals surface area contributed by atoms with Crippen LogP contribution in [-0.4, -0.2) is 9.97 Å². The summed E-state index contributed by atoms with van der Waals surface area (Å²) in [6.45, 7) is 6.56. The molecule has 0 aliphatic heterocycles. The van der Waals surface area contributed by atoms with E-state index in [2.05, 4.69) is 25.8 Å². The summed E-state index contributed by atoms with van der Waals surface area (Å²) in [7, 11) is 0. The summed E-state index contributed by atoms with van der Waals surface area (Å²) >= 11 is 8.12. The van der Waals surface area contributed by atoms with Gasteiger partial charge in [-0.2, -0.15) is 0 Å². The van der Waals surface area contributed by atoms with Crippen molar-refractivity contribution in [1.29, 1.82) is 0 Å². The SMILES string of the molecule is Cc1sc2nc(C3CCC(C)CC3)nc(Cl)c2c1C. The van der Waals surface area contributed by atoms with Gasteiger partial charge in [0, 0.05) is 10.8 Å². The lowest BCUT2D eigenvalue weighted by Gasteiger charge is -2.25. The third-order valence-electron chi connectivity index (χ3n) is 4.38. The molecule has 0 radical (unpaired) electrons. The fourth-order valence-corrected chi connectivity index (χ4v) is 4.33. The maximum Gasteiger partial charge on any atom is 0.141 e. The Labute approximate surface area is 123 Å². The Morgan fingerprint density at radius 1 is 1.11 bits per heavy atom. The standard InChI is InChI=1S/C15H19ClN2S/c1-8-4-6-11(7-5-8)14-17-13(16)12-9(2)10(3)19-15(12)18-14/h8,11H,4-7H2,1-3H3. The van der Waals surface area contributed by atoms with Gasteiger partial charge < -0.3 is 0 Å². The first kappa shape index (κ1) is 13.3. The van der Waals surface area contributed by atoms with E-state index in [1.54, 1.807) is 11.3 Å². The van der Waals surface area contributed by atoms with Gasteiger partial charge in [-0.25, -0.2) is 9.97 Å². The molecule has 2 heterocycles. The van der Waals surface area contributed by atoms with Crippen LogP contribution in [0.3, 0.4) is 0 Å². The molecule has 2 aromatic rings. The molecule has 1 saturated carbocycles. The molecule has 0 saturated heterocycles. The van der Waals surface area contributed by atoms with E-state index in [0.717, 1.165) is 22.0 Å². The zero-order valence-corrected chi connectivity index (χ0v) is 13.2. The largest absolute Gasteiger partial charge is 0.222 e. The number of rotatable bonds is 1. The van der Waals surface area contributed by atoms with E-state index in [9.17, 15) is 0 Å². The molecule has 19 heavy (non-hydrogen) atoms. The first-order valence-corrected chi connectivity index (χ1v) is 8.19. The van der Waals surface area contributed by atoms with E-state index in [1.807, 2.05) is 0 Å². The van der Waals surface area contributed by atoms with Gasteiger partial charge in [0.15, 0.2) is 0 Å². The Morgan fingerprint density at radius 2 is 1.79 bits per heavy atom. The number of nitrogens with zero attached hydrogens (tertiary/aromatic N) is 2. The highest BCUT2D eigenvalue weighted by molar-refractivity contribution is 7.18. The molecule has 0 aromatic carbocycles. The Hall–Kier alpha value is -0.670. The van der Waals surface area contributed by atoms with Crippen molar-refractivity contribution in [3.05, 3.63) is 21.4 Å². The molecule has 102 valence electrons. The highest BCUT2D eigenvalue weighted by atomic mass is 35.5. The molecule has 2 nitrogen and oxygen atoms in total. The molecule has 0 spiro atoms. The van der Waals surface area contributed by atoms with E-state index in [-0.39, 0.29) is 0 Å². The first-order valence-electron chi connectivity index (χ1n) is 6.99. The number of halogens is 1. The van der Waals surface area contributed by atoms with Gasteiger partial charge in [-0.05, 0) is 38.2 Å². The Kier molecular flexibility index (Phi) is 3.52. The molecule has 1 aliphatic rings. The summed E-state index contributed by atoms with van der Waals surface area (Å²) < 4.78 is 0. The Morgan fingerprint density at radius 3 is 2.47 bits per heavy atom. The minimum Gasteiger partial charge on any atom is -0.222 e. The zero-order valence-electron chi connectivity index (χ0n) is 11.7. The lowest BCUT2D eigenvalue weighted by atomic mass is 9.82. The quantitative estimate of drug-likeness (QED) is 0.671. The monoisotopic (exact) mass is 294 g/mol. The van der Waals surface area contributed by atoms with E-state index >= 15 is 0 Å². The smallest absolute Gasteiger partial charge is 0.141 e. The van der Waals surface area contributed by atoms with Crippen molar-refractivity contribution in [2.75, 3.05) is 0 Å². The van der Waals surface area contributed by atoms with Gasteiger partial charge in [0.2, 0.25) is 0 Å². The van der Waals surface area contributed by atoms with Crippen LogP contribution in [0.1, 0.15) is 54.8 Å². The minimum absolute atomic E-state index is 0.501. The highest BCUT2D eigenvalue weighted by Gasteiger charge is 2.23. The second kappa shape index (κ2) is 5.02. The summed E-state index contributed by atoms with van der Waals surface area (Å²) in [6.07, 6.45) is 4.97. The number of hydrogen-bond donors (Lipinski definition) is 0. The summed E-state index contributed by atoms with van der Waals surface area (Å²) in [5.41, 5.74) is 1.23. The summed E-state index contributed by atoms with van der Waals surface area (Å²) in [5, 5.41) is 1.69. The van der Waals surface area contributed by atoms with Crippen LogP contribution in [0.25, 0.3) is 10.2 Å². The Bertz CT molecular complexity index is 612. The average molecular weight is 295 g/mol. The van der Waals surface area contributed by atoms with Gasteiger partial charge in [-0.15, -0.1) is 11.3 Å². The molecule has 0 N–H and O–H groups in total. The second-order valence-corrected chi connectivity index (χ2v) is 7.35. The third kappa shape index (κ3) is 2.38. The molecule has 1 fully saturated rings. The molecule has 0 bridgehead atoms. The summed E-state index contributed by atoms with van der Waals surface area (Å²) in [4.78, 5) is 11.7. The molecule has 4 heteroatoms. The lowest BCUT2D eigenvalue weighted by molar-refractivity contribution is 0.340. The number of thiophene rings is 1. The van der Waals surface area contributed by atoms with Crippen LogP contribution in [-0.2, 0) is 0 Å². The average Bonchev–Trinajstić information content (AvgIpc) is 2.66. The normalized spacial score (nSPS) is 24.0. The maximum atomic E-state index is 6.38. The van der Waals surface area contributed by atoms with Gasteiger partial charge in [-0.3, -0.25) is 0 Å². The van der Waals surface area contributed by atoms with Crippen molar-refractivity contribution in [2.45, 2.75) is 52.4 Å². The number of aryl methyl sites for hydroxylation is 2. The Balaban J connectivity index is 2.01. The second-order valence-electron chi connectivity index (χ2n) is 5.79. The third-order valence-corrected chi connectivity index (χ3v) is 5.76. The molecule has 1 aliphatic carbocycles. The highest BCUT2D eigenvalue weighted by Crippen LogP contribution is 2.38. The van der Waals surface area contributed by atoms with Crippen molar-refractivity contribution in [3.8, 4) is 0 Å². The van der Waals surface area contributed by atoms with Crippen LogP contribution >= 0.6 is 22.9 Å². The van der Waals surface area contributed by atoms with Gasteiger partial charge in [0.25, 0.3) is 0 Å². The minimum atomic E-state index is 0.501. The van der Waals surface area contributed by atoms with Crippen molar-refractivity contribution in [1.82, 2.24) is 9.97 Å². The van der Waals surface area contributed by atoms with E-state index in [1.165, 1.54) is 36.1 Å². The van der Waals surface area contributed by atoms with Crippen LogP contribution in [0, 0.1) is 19.8 Å². The zero-order chi connectivity index (χ0) is 13.6. The molecule has 0 unspecified atom stereocenters. The van der Waals surface area contributed by atoms with E-state index < -0.39 is 0 Å². The summed E-state index contributed by atoms with van der Waals surface area (Å²) in [6, 6.07) is 0. The predicted octanol–water partition coefficient (Wildman–Crippen LogP) is 5.26. The van der Waals surface area contributed by atoms with Gasteiger partial charge in [0.05, 0.1) is 5.39 Å². The van der Waals surface area contributed by atoms with Crippen molar-refractivity contribution >= 4 is 33.2 Å². The van der Waals surface area contributed by atoms with E-state index in [4.69, 9.17) is 16.6 Å². The fourth-order valence-electron chi connectivity index (χ4n) is 2.92. The predicted molar refractivity (Wildman–Crippen MR) is 82.3 cm³/mol. The van der Waals surface area contributed by atoms with Gasteiger partial charge >= 0.3 is 0 Å². The number of aromatic nitrogens is 2. The first-order chi connectivity index (χ1) is 9.06. The van der Waals surface area contributed by atoms with Crippen molar-refractivity contribution in [3.63, 3.8) is 0 Å². The fraction of sp³-hybridized carbons (Fsp3) is 0.600. The van der Waals surface area contributed by atoms with Crippen molar-refractivity contribution < 1.29 is 0 Å². The van der Waals surface area contributed by atoms with Crippen LogP contribution in [0.2, 0.25) is 5.15 Å². The van der Waals surface area contributed by atoms with Crippen LogP contribution in [0.4, 0.5) is 0 Å². The van der Waals surface area contributed by atoms with E-state index in [0.29, 0.717) is 11.1 Å². The number of fused-ring (bicyclic) bond motifs is 1. The van der Waals surface area contributed by atoms with Crippen LogP contribution in [0.5, 0.6) is 0 Å². The maximum absolute atomic E-state index is 6.38. The molecule has 0 amide bonds. The molecular formula is C15H19ClN2S.